The third kappa shape index (κ3) is 3.31. The molecule has 1 saturated carbocycles. The summed E-state index contributed by atoms with van der Waals surface area (Å²) in [6.45, 7) is 14.1. The SMILES string of the molecule is CSC1(SC)CC(O[Si](C)(C)C(C)(C)C)CC1C. The minimum absolute atomic E-state index is 0.320. The van der Waals surface area contributed by atoms with E-state index in [0.717, 1.165) is 5.92 Å². The lowest BCUT2D eigenvalue weighted by Crippen LogP contribution is -2.43. The molecule has 4 heteroatoms. The van der Waals surface area contributed by atoms with Crippen LogP contribution in [0.4, 0.5) is 0 Å². The molecule has 0 radical (unpaired) electrons. The molecule has 1 aliphatic carbocycles. The average molecular weight is 307 g/mol. The maximum Gasteiger partial charge on any atom is 0.192 e. The van der Waals surface area contributed by atoms with Crippen molar-refractivity contribution >= 4 is 31.8 Å². The van der Waals surface area contributed by atoms with Crippen LogP contribution in [0, 0.1) is 5.92 Å². The van der Waals surface area contributed by atoms with Gasteiger partial charge in [-0.3, -0.25) is 0 Å². The maximum atomic E-state index is 6.60. The van der Waals surface area contributed by atoms with Gasteiger partial charge in [0.25, 0.3) is 0 Å². The summed E-state index contributed by atoms with van der Waals surface area (Å²) in [5.41, 5.74) is 0. The third-order valence-corrected chi connectivity index (χ3v) is 12.9. The van der Waals surface area contributed by atoms with Gasteiger partial charge in [0.05, 0.1) is 4.08 Å². The van der Waals surface area contributed by atoms with Crippen molar-refractivity contribution in [2.24, 2.45) is 5.92 Å². The molecule has 0 bridgehead atoms. The van der Waals surface area contributed by atoms with Crippen LogP contribution in [0.1, 0.15) is 40.5 Å². The molecule has 0 spiro atoms. The lowest BCUT2D eigenvalue weighted by Gasteiger charge is -2.38. The topological polar surface area (TPSA) is 9.23 Å². The van der Waals surface area contributed by atoms with Crippen molar-refractivity contribution in [3.63, 3.8) is 0 Å². The summed E-state index contributed by atoms with van der Waals surface area (Å²) in [6, 6.07) is 0. The lowest BCUT2D eigenvalue weighted by molar-refractivity contribution is 0.184. The van der Waals surface area contributed by atoms with Crippen molar-refractivity contribution in [3.05, 3.63) is 0 Å². The Bertz CT molecular complexity index is 282. The van der Waals surface area contributed by atoms with Crippen molar-refractivity contribution in [1.29, 1.82) is 0 Å². The van der Waals surface area contributed by atoms with Gasteiger partial charge in [0.1, 0.15) is 0 Å². The predicted molar refractivity (Wildman–Crippen MR) is 90.2 cm³/mol. The largest absolute Gasteiger partial charge is 0.414 e. The average Bonchev–Trinajstić information content (AvgIpc) is 2.53. The van der Waals surface area contributed by atoms with Crippen LogP contribution in [0.15, 0.2) is 0 Å². The van der Waals surface area contributed by atoms with Gasteiger partial charge in [-0.2, -0.15) is 0 Å². The fraction of sp³-hybridized carbons (Fsp3) is 1.00. The van der Waals surface area contributed by atoms with Gasteiger partial charge in [-0.15, -0.1) is 23.5 Å². The van der Waals surface area contributed by atoms with E-state index in [2.05, 4.69) is 53.3 Å². The molecule has 0 heterocycles. The van der Waals surface area contributed by atoms with Crippen LogP contribution in [-0.4, -0.2) is 31.0 Å². The second-order valence-electron chi connectivity index (χ2n) is 7.06. The molecule has 2 atom stereocenters. The molecular formula is C14H30OS2Si. The van der Waals surface area contributed by atoms with Crippen LogP contribution in [0.2, 0.25) is 18.1 Å². The molecule has 0 aromatic rings. The molecular weight excluding hydrogens is 276 g/mol. The monoisotopic (exact) mass is 306 g/mol. The van der Waals surface area contributed by atoms with E-state index in [-0.39, 0.29) is 0 Å². The van der Waals surface area contributed by atoms with Gasteiger partial charge in [0.15, 0.2) is 8.32 Å². The van der Waals surface area contributed by atoms with Crippen molar-refractivity contribution in [3.8, 4) is 0 Å². The Morgan fingerprint density at radius 3 is 2.00 bits per heavy atom. The van der Waals surface area contributed by atoms with Crippen LogP contribution in [0.3, 0.4) is 0 Å². The lowest BCUT2D eigenvalue weighted by atomic mass is 10.1. The quantitative estimate of drug-likeness (QED) is 0.520. The summed E-state index contributed by atoms with van der Waals surface area (Å²) >= 11 is 4.05. The summed E-state index contributed by atoms with van der Waals surface area (Å²) in [4.78, 5) is 0. The van der Waals surface area contributed by atoms with Gasteiger partial charge in [0, 0.05) is 6.10 Å². The third-order valence-electron chi connectivity index (χ3n) is 4.84. The molecule has 108 valence electrons. The summed E-state index contributed by atoms with van der Waals surface area (Å²) in [5, 5.41) is 0.320. The zero-order valence-corrected chi connectivity index (χ0v) is 15.9. The maximum absolute atomic E-state index is 6.60. The van der Waals surface area contributed by atoms with Crippen molar-refractivity contribution in [2.75, 3.05) is 12.5 Å². The summed E-state index contributed by atoms with van der Waals surface area (Å²) < 4.78 is 6.99. The standard InChI is InChI=1S/C14H30OS2Si/c1-11-9-12(10-14(11,16-5)17-6)15-18(7,8)13(2,3)4/h11-12H,9-10H2,1-8H3. The summed E-state index contributed by atoms with van der Waals surface area (Å²) in [5.74, 6) is 0.747. The first kappa shape index (κ1) is 16.9. The minimum atomic E-state index is -1.61. The molecule has 1 fully saturated rings. The van der Waals surface area contributed by atoms with E-state index in [1.54, 1.807) is 0 Å². The number of hydrogen-bond acceptors (Lipinski definition) is 3. The highest BCUT2D eigenvalue weighted by Crippen LogP contribution is 2.53. The highest BCUT2D eigenvalue weighted by atomic mass is 32.2. The van der Waals surface area contributed by atoms with E-state index in [1.807, 2.05) is 23.5 Å². The Labute approximate surface area is 123 Å². The van der Waals surface area contributed by atoms with Crippen LogP contribution in [0.25, 0.3) is 0 Å². The second kappa shape index (κ2) is 5.70. The summed E-state index contributed by atoms with van der Waals surface area (Å²) in [7, 11) is -1.61. The smallest absolute Gasteiger partial charge is 0.192 e. The molecule has 1 aliphatic rings. The van der Waals surface area contributed by atoms with E-state index in [4.69, 9.17) is 4.43 Å². The van der Waals surface area contributed by atoms with Gasteiger partial charge < -0.3 is 4.43 Å². The molecule has 0 aromatic carbocycles. The first-order valence-electron chi connectivity index (χ1n) is 6.86. The minimum Gasteiger partial charge on any atom is -0.414 e. The van der Waals surface area contributed by atoms with E-state index in [1.165, 1.54) is 12.8 Å². The molecule has 1 rings (SSSR count). The highest BCUT2D eigenvalue weighted by molar-refractivity contribution is 8.17. The Morgan fingerprint density at radius 1 is 1.17 bits per heavy atom. The first-order valence-corrected chi connectivity index (χ1v) is 12.2. The summed E-state index contributed by atoms with van der Waals surface area (Å²) in [6.07, 6.45) is 7.42. The van der Waals surface area contributed by atoms with Gasteiger partial charge in [-0.05, 0) is 49.4 Å². The van der Waals surface area contributed by atoms with Crippen molar-refractivity contribution < 1.29 is 4.43 Å². The molecule has 18 heavy (non-hydrogen) atoms. The van der Waals surface area contributed by atoms with Crippen molar-refractivity contribution in [2.45, 2.75) is 68.9 Å². The molecule has 0 saturated heterocycles. The van der Waals surface area contributed by atoms with Crippen LogP contribution < -0.4 is 0 Å². The van der Waals surface area contributed by atoms with Gasteiger partial charge in [-0.25, -0.2) is 0 Å². The van der Waals surface area contributed by atoms with Gasteiger partial charge in [0.2, 0.25) is 0 Å². The van der Waals surface area contributed by atoms with Gasteiger partial charge >= 0.3 is 0 Å². The Balaban J connectivity index is 2.73. The first-order chi connectivity index (χ1) is 8.08. The molecule has 2 unspecified atom stereocenters. The molecule has 0 aromatic heterocycles. The second-order valence-corrected chi connectivity index (χ2v) is 14.3. The Morgan fingerprint density at radius 2 is 1.67 bits per heavy atom. The zero-order chi connectivity index (χ0) is 14.2. The zero-order valence-electron chi connectivity index (χ0n) is 13.3. The van der Waals surface area contributed by atoms with Crippen LogP contribution in [-0.2, 0) is 4.43 Å². The van der Waals surface area contributed by atoms with E-state index >= 15 is 0 Å². The van der Waals surface area contributed by atoms with E-state index in [0.29, 0.717) is 15.2 Å². The van der Waals surface area contributed by atoms with Crippen molar-refractivity contribution in [1.82, 2.24) is 0 Å². The molecule has 0 aliphatic heterocycles. The molecule has 1 nitrogen and oxygen atoms in total. The number of thioether (sulfide) groups is 2. The van der Waals surface area contributed by atoms with Crippen LogP contribution >= 0.6 is 23.5 Å². The van der Waals surface area contributed by atoms with Gasteiger partial charge in [-0.1, -0.05) is 27.7 Å². The number of hydrogen-bond donors (Lipinski definition) is 0. The normalized spacial score (nSPS) is 28.7. The predicted octanol–water partition coefficient (Wildman–Crippen LogP) is 5.23. The molecule has 0 N–H and O–H groups in total. The highest BCUT2D eigenvalue weighted by Gasteiger charge is 2.48. The Kier molecular flexibility index (Phi) is 5.37. The van der Waals surface area contributed by atoms with Crippen LogP contribution in [0.5, 0.6) is 0 Å². The fourth-order valence-electron chi connectivity index (χ4n) is 2.51. The Hall–Kier alpha value is 0.877. The number of rotatable bonds is 4. The molecule has 0 amide bonds. The van der Waals surface area contributed by atoms with E-state index in [9.17, 15) is 0 Å². The fourth-order valence-corrected chi connectivity index (χ4v) is 6.25. The van der Waals surface area contributed by atoms with E-state index < -0.39 is 8.32 Å².